The molecule has 15 heteroatoms. The number of nitroso groups, excluding NO2 is 1. The molecular weight excluding hydrogens is 771 g/mol. The number of amides is 1. The molecule has 0 radical (unpaired) electrons. The largest absolute Gasteiger partial charge is 0.455 e. The standard InChI is InChI=1S/C44H49N7O6S.H2O/c52-43(49-58(54,55)36-7-9-39(40(24-36)48-53)46-25-30-13-20-56-21-14-30)37-8-6-34(23-41(37)57-35-22-32-10-17-45-42(32)47-26-35)51-18-11-31(12-19-51)27-50-28-33-4-1-2-5-38(33)44(29-50)15-3-16-44;/h1-2,4-10,17,22-24,26,30-31,46H,3,11-16,18-21,25,27-29H2,(H,45,47)(H,49,52);1H2. The summed E-state index contributed by atoms with van der Waals surface area (Å²) in [4.78, 5) is 37.9. The number of rotatable bonds is 12. The lowest BCUT2D eigenvalue weighted by Crippen LogP contribution is -2.51. The van der Waals surface area contributed by atoms with Gasteiger partial charge in [-0.2, -0.15) is 0 Å². The molecule has 3 aromatic carbocycles. The van der Waals surface area contributed by atoms with Gasteiger partial charge in [0.15, 0.2) is 0 Å². The Labute approximate surface area is 344 Å². The fourth-order valence-electron chi connectivity index (χ4n) is 9.31. The molecule has 0 bridgehead atoms. The van der Waals surface area contributed by atoms with Crippen molar-refractivity contribution in [1.29, 1.82) is 0 Å². The van der Waals surface area contributed by atoms with Crippen LogP contribution in [0.1, 0.15) is 66.4 Å². The summed E-state index contributed by atoms with van der Waals surface area (Å²) in [5.41, 5.74) is 5.35. The van der Waals surface area contributed by atoms with Crippen LogP contribution in [0.4, 0.5) is 17.1 Å². The highest BCUT2D eigenvalue weighted by molar-refractivity contribution is 7.90. The van der Waals surface area contributed by atoms with Gasteiger partial charge in [-0.05, 0) is 109 Å². The zero-order chi connectivity index (χ0) is 39.7. The molecule has 9 rings (SSSR count). The van der Waals surface area contributed by atoms with Crippen LogP contribution in [0.3, 0.4) is 0 Å². The fraction of sp³-hybridized carbons (Fsp3) is 0.409. The van der Waals surface area contributed by atoms with E-state index in [1.165, 1.54) is 43.0 Å². The summed E-state index contributed by atoms with van der Waals surface area (Å²) >= 11 is 0. The molecule has 14 nitrogen and oxygen atoms in total. The first-order valence-electron chi connectivity index (χ1n) is 20.4. The molecule has 1 amide bonds. The topological polar surface area (TPSA) is 190 Å². The van der Waals surface area contributed by atoms with E-state index in [-0.39, 0.29) is 27.4 Å². The van der Waals surface area contributed by atoms with Crippen LogP contribution >= 0.6 is 0 Å². The number of aromatic amines is 1. The Morgan fingerprint density at radius 3 is 2.58 bits per heavy atom. The Morgan fingerprint density at radius 2 is 1.80 bits per heavy atom. The molecule has 1 aliphatic carbocycles. The van der Waals surface area contributed by atoms with Crippen molar-refractivity contribution < 1.29 is 28.2 Å². The summed E-state index contributed by atoms with van der Waals surface area (Å²) < 4.78 is 41.2. The number of H-pyrrole nitrogens is 1. The number of carbonyl (C=O) groups is 1. The van der Waals surface area contributed by atoms with Gasteiger partial charge in [-0.3, -0.25) is 9.69 Å². The van der Waals surface area contributed by atoms with Gasteiger partial charge in [0.25, 0.3) is 15.9 Å². The molecule has 3 fully saturated rings. The van der Waals surface area contributed by atoms with E-state index in [9.17, 15) is 18.1 Å². The van der Waals surface area contributed by atoms with Gasteiger partial charge in [-0.15, -0.1) is 4.91 Å². The number of fused-ring (bicyclic) bond motifs is 3. The van der Waals surface area contributed by atoms with Crippen molar-refractivity contribution in [3.63, 3.8) is 0 Å². The zero-order valence-electron chi connectivity index (χ0n) is 33.0. The van der Waals surface area contributed by atoms with Gasteiger partial charge in [-0.1, -0.05) is 30.7 Å². The van der Waals surface area contributed by atoms with Gasteiger partial charge in [-0.25, -0.2) is 18.1 Å². The Bertz CT molecular complexity index is 2420. The summed E-state index contributed by atoms with van der Waals surface area (Å²) in [7, 11) is -4.40. The minimum absolute atomic E-state index is 0. The van der Waals surface area contributed by atoms with Crippen molar-refractivity contribution in [2.45, 2.75) is 61.8 Å². The van der Waals surface area contributed by atoms with Crippen LogP contribution in [0.5, 0.6) is 11.5 Å². The minimum Gasteiger partial charge on any atom is -0.455 e. The molecule has 3 aliphatic heterocycles. The first kappa shape index (κ1) is 40.4. The molecule has 310 valence electrons. The van der Waals surface area contributed by atoms with E-state index in [0.29, 0.717) is 54.1 Å². The van der Waals surface area contributed by atoms with Crippen molar-refractivity contribution >= 4 is 44.0 Å². The van der Waals surface area contributed by atoms with E-state index in [1.54, 1.807) is 30.1 Å². The average Bonchev–Trinajstić information content (AvgIpc) is 3.70. The van der Waals surface area contributed by atoms with Crippen LogP contribution in [-0.2, 0) is 26.7 Å². The quantitative estimate of drug-likeness (QED) is 0.110. The van der Waals surface area contributed by atoms with Gasteiger partial charge in [0.05, 0.1) is 22.3 Å². The summed E-state index contributed by atoms with van der Waals surface area (Å²) in [5, 5.41) is 7.13. The third-order valence-electron chi connectivity index (χ3n) is 12.7. The maximum Gasteiger partial charge on any atom is 0.268 e. The third-order valence-corrected chi connectivity index (χ3v) is 14.0. The van der Waals surface area contributed by atoms with Crippen LogP contribution in [-0.4, -0.2) is 80.6 Å². The Morgan fingerprint density at radius 1 is 0.983 bits per heavy atom. The molecule has 2 aromatic heterocycles. The van der Waals surface area contributed by atoms with Crippen LogP contribution in [0.2, 0.25) is 0 Å². The molecule has 5 N–H and O–H groups in total. The number of benzene rings is 3. The molecule has 59 heavy (non-hydrogen) atoms. The molecule has 0 unspecified atom stereocenters. The van der Waals surface area contributed by atoms with Crippen molar-refractivity contribution in [3.8, 4) is 11.5 Å². The summed E-state index contributed by atoms with van der Waals surface area (Å²) in [6.07, 6.45) is 11.1. The van der Waals surface area contributed by atoms with Gasteiger partial charge in [0, 0.05) is 81.2 Å². The number of nitrogens with one attached hydrogen (secondary N) is 3. The number of hydrogen-bond donors (Lipinski definition) is 3. The third kappa shape index (κ3) is 8.56. The molecule has 2 saturated heterocycles. The molecular formula is C44H51N7O7S. The Hall–Kier alpha value is -5.35. The van der Waals surface area contributed by atoms with Crippen LogP contribution in [0, 0.1) is 16.7 Å². The van der Waals surface area contributed by atoms with Crippen molar-refractivity contribution in [2.75, 3.05) is 56.2 Å². The van der Waals surface area contributed by atoms with E-state index in [2.05, 4.69) is 59.2 Å². The maximum atomic E-state index is 13.9. The predicted octanol–water partition coefficient (Wildman–Crippen LogP) is 7.04. The first-order chi connectivity index (χ1) is 28.2. The molecule has 0 atom stereocenters. The Kier molecular flexibility index (Phi) is 11.7. The Balaban J connectivity index is 0.00000484. The van der Waals surface area contributed by atoms with Crippen molar-refractivity contribution in [3.05, 3.63) is 107 Å². The lowest BCUT2D eigenvalue weighted by Gasteiger charge is -2.51. The number of carbonyl (C=O) groups excluding carboxylic acids is 1. The molecule has 5 aromatic rings. The number of aromatic nitrogens is 2. The highest BCUT2D eigenvalue weighted by Gasteiger charge is 2.44. The lowest BCUT2D eigenvalue weighted by atomic mass is 9.61. The van der Waals surface area contributed by atoms with E-state index in [4.69, 9.17) is 9.47 Å². The number of ether oxygens (including phenoxy) is 2. The monoisotopic (exact) mass is 821 g/mol. The van der Waals surface area contributed by atoms with E-state index < -0.39 is 15.9 Å². The van der Waals surface area contributed by atoms with Gasteiger partial charge in [0.2, 0.25) is 0 Å². The number of sulfonamides is 1. The summed E-state index contributed by atoms with van der Waals surface area (Å²) in [6, 6.07) is 22.0. The van der Waals surface area contributed by atoms with Gasteiger partial charge in [0.1, 0.15) is 22.8 Å². The SMILES string of the molecule is O.O=Nc1cc(S(=O)(=O)NC(=O)c2ccc(N3CCC(CN4Cc5ccccc5C5(CCC5)C4)CC3)cc2Oc2cnc3[nH]ccc3c2)ccc1NCC1CCOCC1. The number of nitrogens with zero attached hydrogens (tertiary/aromatic N) is 4. The zero-order valence-corrected chi connectivity index (χ0v) is 33.8. The highest BCUT2D eigenvalue weighted by Crippen LogP contribution is 2.48. The van der Waals surface area contributed by atoms with Crippen molar-refractivity contribution in [1.82, 2.24) is 19.6 Å². The van der Waals surface area contributed by atoms with Gasteiger partial charge < -0.3 is 30.2 Å². The maximum absolute atomic E-state index is 13.9. The van der Waals surface area contributed by atoms with Gasteiger partial charge >= 0.3 is 0 Å². The number of hydrogen-bond acceptors (Lipinski definition) is 11. The highest BCUT2D eigenvalue weighted by atomic mass is 32.2. The van der Waals surface area contributed by atoms with E-state index in [0.717, 1.165) is 69.5 Å². The fourth-order valence-corrected chi connectivity index (χ4v) is 10.3. The summed E-state index contributed by atoms with van der Waals surface area (Å²) in [6.45, 7) is 6.91. The second kappa shape index (κ2) is 17.1. The molecule has 5 heterocycles. The number of anilines is 2. The predicted molar refractivity (Wildman–Crippen MR) is 227 cm³/mol. The van der Waals surface area contributed by atoms with E-state index >= 15 is 0 Å². The first-order valence-corrected chi connectivity index (χ1v) is 21.9. The normalized spacial score (nSPS) is 18.4. The number of pyridine rings is 1. The molecule has 4 aliphatic rings. The second-order valence-corrected chi connectivity index (χ2v) is 18.1. The van der Waals surface area contributed by atoms with Crippen LogP contribution in [0.25, 0.3) is 11.0 Å². The van der Waals surface area contributed by atoms with Crippen LogP contribution < -0.4 is 19.7 Å². The smallest absolute Gasteiger partial charge is 0.268 e. The molecule has 1 spiro atoms. The van der Waals surface area contributed by atoms with Crippen molar-refractivity contribution in [2.24, 2.45) is 17.0 Å². The minimum atomic E-state index is -4.40. The molecule has 1 saturated carbocycles. The summed E-state index contributed by atoms with van der Waals surface area (Å²) in [5.74, 6) is 0.679. The second-order valence-electron chi connectivity index (χ2n) is 16.4. The lowest BCUT2D eigenvalue weighted by molar-refractivity contribution is 0.0699. The average molecular weight is 822 g/mol. The number of piperidine rings is 1. The van der Waals surface area contributed by atoms with E-state index in [1.807, 2.05) is 18.2 Å². The van der Waals surface area contributed by atoms with Crippen LogP contribution in [0.15, 0.2) is 95.3 Å².